The number of aliphatic hydroxyl groups is 1. The van der Waals surface area contributed by atoms with Crippen LogP contribution in [0.25, 0.3) is 0 Å². The molecule has 2 nitrogen and oxygen atoms in total. The van der Waals surface area contributed by atoms with Crippen LogP contribution in [0.3, 0.4) is 0 Å². The van der Waals surface area contributed by atoms with Crippen LogP contribution in [0.1, 0.15) is 38.8 Å². The molecule has 0 bridgehead atoms. The molecule has 1 rings (SSSR count). The van der Waals surface area contributed by atoms with E-state index in [0.29, 0.717) is 5.92 Å². The minimum Gasteiger partial charge on any atom is -0.395 e. The van der Waals surface area contributed by atoms with Gasteiger partial charge in [-0.2, -0.15) is 0 Å². The van der Waals surface area contributed by atoms with Crippen molar-refractivity contribution in [1.29, 1.82) is 0 Å². The summed E-state index contributed by atoms with van der Waals surface area (Å²) in [5.74, 6) is 0.135. The first-order chi connectivity index (χ1) is 8.08. The quantitative estimate of drug-likeness (QED) is 0.800. The van der Waals surface area contributed by atoms with Crippen LogP contribution in [0.2, 0.25) is 0 Å². The van der Waals surface area contributed by atoms with Crippen molar-refractivity contribution >= 4 is 0 Å². The molecule has 0 heterocycles. The number of halogens is 1. The summed E-state index contributed by atoms with van der Waals surface area (Å²) in [6.07, 6.45) is 0.868. The highest BCUT2D eigenvalue weighted by molar-refractivity contribution is 5.20. The summed E-state index contributed by atoms with van der Waals surface area (Å²) in [6, 6.07) is 6.77. The first-order valence-electron chi connectivity index (χ1n) is 6.20. The zero-order valence-electron chi connectivity index (χ0n) is 10.8. The fraction of sp³-hybridized carbons (Fsp3) is 0.571. The van der Waals surface area contributed by atoms with Gasteiger partial charge in [0.15, 0.2) is 0 Å². The Hall–Kier alpha value is -0.930. The number of hydrogen-bond acceptors (Lipinski definition) is 2. The van der Waals surface area contributed by atoms with Crippen molar-refractivity contribution in [3.05, 3.63) is 35.6 Å². The Bertz CT molecular complexity index is 341. The van der Waals surface area contributed by atoms with Gasteiger partial charge < -0.3 is 10.4 Å². The van der Waals surface area contributed by atoms with E-state index in [1.165, 1.54) is 6.07 Å². The zero-order chi connectivity index (χ0) is 12.8. The number of nitrogens with one attached hydrogen (secondary N) is 1. The molecule has 0 saturated carbocycles. The lowest BCUT2D eigenvalue weighted by Gasteiger charge is -2.26. The fourth-order valence-electron chi connectivity index (χ4n) is 1.89. The maximum Gasteiger partial charge on any atom is 0.123 e. The minimum atomic E-state index is -0.215. The Balaban J connectivity index is 2.78. The third kappa shape index (κ3) is 4.10. The molecule has 0 fully saturated rings. The standard InChI is InChI=1S/C14H22FNO/c1-4-13(16-14(9-17)10(2)3)11-6-5-7-12(15)8-11/h5-8,10,13-14,16-17H,4,9H2,1-3H3. The molecule has 1 aromatic carbocycles. The summed E-state index contributed by atoms with van der Waals surface area (Å²) in [4.78, 5) is 0. The van der Waals surface area contributed by atoms with Crippen LogP contribution in [0.4, 0.5) is 4.39 Å². The SMILES string of the molecule is CCC(NC(CO)C(C)C)c1cccc(F)c1. The van der Waals surface area contributed by atoms with Gasteiger partial charge in [0, 0.05) is 12.1 Å². The zero-order valence-corrected chi connectivity index (χ0v) is 10.8. The second-order valence-corrected chi connectivity index (χ2v) is 4.72. The first-order valence-corrected chi connectivity index (χ1v) is 6.20. The third-order valence-electron chi connectivity index (χ3n) is 3.08. The highest BCUT2D eigenvalue weighted by atomic mass is 19.1. The number of aliphatic hydroxyl groups excluding tert-OH is 1. The van der Waals surface area contributed by atoms with E-state index in [-0.39, 0.29) is 24.5 Å². The summed E-state index contributed by atoms with van der Waals surface area (Å²) in [6.45, 7) is 6.28. The lowest BCUT2D eigenvalue weighted by atomic mass is 9.99. The van der Waals surface area contributed by atoms with Crippen molar-refractivity contribution in [2.75, 3.05) is 6.61 Å². The van der Waals surface area contributed by atoms with E-state index in [2.05, 4.69) is 26.1 Å². The lowest BCUT2D eigenvalue weighted by Crippen LogP contribution is -2.39. The van der Waals surface area contributed by atoms with E-state index in [0.717, 1.165) is 12.0 Å². The molecule has 96 valence electrons. The average Bonchev–Trinajstić information content (AvgIpc) is 2.30. The molecule has 0 aliphatic rings. The summed E-state index contributed by atoms with van der Waals surface area (Å²) >= 11 is 0. The van der Waals surface area contributed by atoms with Crippen LogP contribution in [-0.4, -0.2) is 17.8 Å². The summed E-state index contributed by atoms with van der Waals surface area (Å²) in [5, 5.41) is 12.7. The maximum atomic E-state index is 13.2. The van der Waals surface area contributed by atoms with Crippen LogP contribution in [0, 0.1) is 11.7 Å². The van der Waals surface area contributed by atoms with E-state index in [4.69, 9.17) is 0 Å². The molecular weight excluding hydrogens is 217 g/mol. The largest absolute Gasteiger partial charge is 0.395 e. The minimum absolute atomic E-state index is 0.0446. The molecular formula is C14H22FNO. The van der Waals surface area contributed by atoms with E-state index in [1.54, 1.807) is 12.1 Å². The highest BCUT2D eigenvalue weighted by Crippen LogP contribution is 2.19. The summed E-state index contributed by atoms with van der Waals surface area (Å²) in [5.41, 5.74) is 0.937. The number of rotatable bonds is 6. The van der Waals surface area contributed by atoms with Crippen LogP contribution >= 0.6 is 0 Å². The molecule has 0 radical (unpaired) electrons. The van der Waals surface area contributed by atoms with Crippen molar-refractivity contribution in [2.45, 2.75) is 39.3 Å². The van der Waals surface area contributed by atoms with Crippen molar-refractivity contribution in [3.8, 4) is 0 Å². The van der Waals surface area contributed by atoms with Crippen LogP contribution in [0.5, 0.6) is 0 Å². The molecule has 17 heavy (non-hydrogen) atoms. The maximum absolute atomic E-state index is 13.2. The van der Waals surface area contributed by atoms with Crippen LogP contribution in [-0.2, 0) is 0 Å². The predicted molar refractivity (Wildman–Crippen MR) is 68.3 cm³/mol. The Kier molecular flexibility index (Phi) is 5.59. The van der Waals surface area contributed by atoms with Crippen molar-refractivity contribution < 1.29 is 9.50 Å². The van der Waals surface area contributed by atoms with Crippen LogP contribution < -0.4 is 5.32 Å². The first kappa shape index (κ1) is 14.1. The van der Waals surface area contributed by atoms with Crippen LogP contribution in [0.15, 0.2) is 24.3 Å². The molecule has 0 aromatic heterocycles. The second kappa shape index (κ2) is 6.72. The van der Waals surface area contributed by atoms with Gasteiger partial charge in [-0.3, -0.25) is 0 Å². The van der Waals surface area contributed by atoms with Gasteiger partial charge in [-0.1, -0.05) is 32.9 Å². The fourth-order valence-corrected chi connectivity index (χ4v) is 1.89. The molecule has 2 unspecified atom stereocenters. The van der Waals surface area contributed by atoms with Gasteiger partial charge in [0.05, 0.1) is 6.61 Å². The number of benzene rings is 1. The number of hydrogen-bond donors (Lipinski definition) is 2. The van der Waals surface area contributed by atoms with Gasteiger partial charge in [-0.25, -0.2) is 4.39 Å². The van der Waals surface area contributed by atoms with Crippen molar-refractivity contribution in [1.82, 2.24) is 5.32 Å². The van der Waals surface area contributed by atoms with Crippen molar-refractivity contribution in [3.63, 3.8) is 0 Å². The van der Waals surface area contributed by atoms with Gasteiger partial charge in [-0.15, -0.1) is 0 Å². The molecule has 1 aromatic rings. The third-order valence-corrected chi connectivity index (χ3v) is 3.08. The monoisotopic (exact) mass is 239 g/mol. The van der Waals surface area contributed by atoms with E-state index >= 15 is 0 Å². The molecule has 0 spiro atoms. The van der Waals surface area contributed by atoms with Gasteiger partial charge in [0.2, 0.25) is 0 Å². The topological polar surface area (TPSA) is 32.3 Å². The Morgan fingerprint density at radius 3 is 2.53 bits per heavy atom. The Labute approximate surface area is 103 Å². The van der Waals surface area contributed by atoms with E-state index in [9.17, 15) is 9.50 Å². The molecule has 0 aliphatic carbocycles. The lowest BCUT2D eigenvalue weighted by molar-refractivity contribution is 0.198. The van der Waals surface area contributed by atoms with Gasteiger partial charge >= 0.3 is 0 Å². The Morgan fingerprint density at radius 2 is 2.06 bits per heavy atom. The Morgan fingerprint density at radius 1 is 1.35 bits per heavy atom. The molecule has 0 saturated heterocycles. The van der Waals surface area contributed by atoms with Gasteiger partial charge in [0.25, 0.3) is 0 Å². The van der Waals surface area contributed by atoms with Gasteiger partial charge in [0.1, 0.15) is 5.82 Å². The van der Waals surface area contributed by atoms with E-state index < -0.39 is 0 Å². The average molecular weight is 239 g/mol. The second-order valence-electron chi connectivity index (χ2n) is 4.72. The molecule has 3 heteroatoms. The van der Waals surface area contributed by atoms with Crippen molar-refractivity contribution in [2.24, 2.45) is 5.92 Å². The van der Waals surface area contributed by atoms with E-state index in [1.807, 2.05) is 6.07 Å². The van der Waals surface area contributed by atoms with Gasteiger partial charge in [-0.05, 0) is 30.0 Å². The molecule has 0 aliphatic heterocycles. The molecule has 2 atom stereocenters. The molecule has 2 N–H and O–H groups in total. The highest BCUT2D eigenvalue weighted by Gasteiger charge is 2.17. The smallest absolute Gasteiger partial charge is 0.123 e. The molecule has 0 amide bonds. The summed E-state index contributed by atoms with van der Waals surface area (Å²) < 4.78 is 13.2. The normalized spacial score (nSPS) is 14.9. The summed E-state index contributed by atoms with van der Waals surface area (Å²) in [7, 11) is 0. The predicted octanol–water partition coefficient (Wildman–Crippen LogP) is 2.88.